The molecular weight excluding hydrogens is 386 g/mol. The maximum absolute atomic E-state index is 12.8. The molecule has 0 atom stereocenters. The zero-order valence-corrected chi connectivity index (χ0v) is 15.6. The van der Waals surface area contributed by atoms with Crippen molar-refractivity contribution in [3.63, 3.8) is 0 Å². The first-order valence-corrected chi connectivity index (χ1v) is 8.65. The number of rotatable bonds is 5. The van der Waals surface area contributed by atoms with Gasteiger partial charge in [-0.1, -0.05) is 23.7 Å². The number of hydrogen-bond donors (Lipinski definition) is 2. The van der Waals surface area contributed by atoms with E-state index >= 15 is 0 Å². The summed E-state index contributed by atoms with van der Waals surface area (Å²) in [5.74, 6) is -1.93. The number of halogens is 1. The monoisotopic (exact) mass is 401 g/mol. The first-order chi connectivity index (χ1) is 13.3. The number of amides is 1. The molecule has 28 heavy (non-hydrogen) atoms. The van der Waals surface area contributed by atoms with Gasteiger partial charge in [-0.25, -0.2) is 0 Å². The largest absolute Gasteiger partial charge is 0.503 e. The zero-order chi connectivity index (χ0) is 20.4. The lowest BCUT2D eigenvalue weighted by molar-refractivity contribution is -0.116. The van der Waals surface area contributed by atoms with E-state index in [-0.39, 0.29) is 30.0 Å². The number of Topliss-reactive ketones (excluding diaryl/α,β-unsaturated/α-hetero) is 1. The molecule has 2 aromatic heterocycles. The molecule has 3 aromatic rings. The summed E-state index contributed by atoms with van der Waals surface area (Å²) in [6, 6.07) is 6.94. The molecule has 0 aliphatic heterocycles. The van der Waals surface area contributed by atoms with Crippen molar-refractivity contribution in [2.75, 3.05) is 6.54 Å². The predicted molar refractivity (Wildman–Crippen MR) is 103 cm³/mol. The molecule has 2 N–H and O–H groups in total. The minimum Gasteiger partial charge on any atom is -0.503 e. The SMILES string of the molecule is CC(=O)CNC(=O)c1cn2ccn(Cc3cccc(Cl)c3)c(=O)c2c(O)c1=O. The van der Waals surface area contributed by atoms with Crippen molar-refractivity contribution in [3.05, 3.63) is 79.6 Å². The highest BCUT2D eigenvalue weighted by Gasteiger charge is 2.19. The topological polar surface area (TPSA) is 110 Å². The van der Waals surface area contributed by atoms with Crippen molar-refractivity contribution in [3.8, 4) is 5.75 Å². The molecule has 0 fully saturated rings. The summed E-state index contributed by atoms with van der Waals surface area (Å²) in [6.07, 6.45) is 4.07. The quantitative estimate of drug-likeness (QED) is 0.667. The van der Waals surface area contributed by atoms with Gasteiger partial charge in [0.25, 0.3) is 11.5 Å². The van der Waals surface area contributed by atoms with Crippen molar-refractivity contribution < 1.29 is 14.7 Å². The first kappa shape index (κ1) is 19.4. The highest BCUT2D eigenvalue weighted by atomic mass is 35.5. The van der Waals surface area contributed by atoms with Crippen LogP contribution in [0, 0.1) is 0 Å². The molecule has 0 spiro atoms. The first-order valence-electron chi connectivity index (χ1n) is 8.27. The summed E-state index contributed by atoms with van der Waals surface area (Å²) in [5.41, 5.74) is -1.45. The van der Waals surface area contributed by atoms with Crippen molar-refractivity contribution in [2.24, 2.45) is 0 Å². The lowest BCUT2D eigenvalue weighted by Crippen LogP contribution is -2.33. The van der Waals surface area contributed by atoms with Crippen LogP contribution < -0.4 is 16.3 Å². The molecule has 0 unspecified atom stereocenters. The molecule has 0 aliphatic rings. The second kappa shape index (κ2) is 7.69. The fourth-order valence-electron chi connectivity index (χ4n) is 2.72. The van der Waals surface area contributed by atoms with Gasteiger partial charge < -0.3 is 19.4 Å². The summed E-state index contributed by atoms with van der Waals surface area (Å²) < 4.78 is 2.52. The number of pyridine rings is 1. The van der Waals surface area contributed by atoms with Crippen molar-refractivity contribution in [2.45, 2.75) is 13.5 Å². The van der Waals surface area contributed by atoms with Crippen LogP contribution in [0.15, 0.2) is 52.4 Å². The third-order valence-corrected chi connectivity index (χ3v) is 4.30. The molecule has 0 saturated heterocycles. The van der Waals surface area contributed by atoms with Gasteiger partial charge in [0.1, 0.15) is 11.3 Å². The Morgan fingerprint density at radius 1 is 1.21 bits per heavy atom. The Balaban J connectivity index is 2.06. The van der Waals surface area contributed by atoms with Gasteiger partial charge in [-0.05, 0) is 24.6 Å². The van der Waals surface area contributed by atoms with E-state index in [4.69, 9.17) is 11.6 Å². The Labute approximate surface area is 163 Å². The van der Waals surface area contributed by atoms with Crippen molar-refractivity contribution in [1.82, 2.24) is 14.3 Å². The highest BCUT2D eigenvalue weighted by molar-refractivity contribution is 6.30. The van der Waals surface area contributed by atoms with Crippen LogP contribution in [0.25, 0.3) is 5.52 Å². The molecular formula is C19H16ClN3O5. The van der Waals surface area contributed by atoms with Crippen LogP contribution >= 0.6 is 11.6 Å². The van der Waals surface area contributed by atoms with Crippen LogP contribution in [0.1, 0.15) is 22.8 Å². The van der Waals surface area contributed by atoms with E-state index < -0.39 is 22.6 Å². The number of aromatic nitrogens is 2. The molecule has 0 bridgehead atoms. The van der Waals surface area contributed by atoms with Crippen LogP contribution in [0.5, 0.6) is 5.75 Å². The summed E-state index contributed by atoms with van der Waals surface area (Å²) in [6.45, 7) is 1.22. The Kier molecular flexibility index (Phi) is 5.32. The number of fused-ring (bicyclic) bond motifs is 1. The molecule has 0 saturated carbocycles. The number of nitrogens with zero attached hydrogens (tertiary/aromatic N) is 2. The van der Waals surface area contributed by atoms with Crippen LogP contribution in [0.2, 0.25) is 5.02 Å². The van der Waals surface area contributed by atoms with Crippen molar-refractivity contribution in [1.29, 1.82) is 0 Å². The number of aromatic hydroxyl groups is 1. The molecule has 8 nitrogen and oxygen atoms in total. The van der Waals surface area contributed by atoms with Crippen molar-refractivity contribution >= 4 is 28.8 Å². The Morgan fingerprint density at radius 3 is 2.64 bits per heavy atom. The standard InChI is InChI=1S/C19H16ClN3O5/c1-11(24)8-21-18(27)14-10-22-5-6-23(9-12-3-2-4-13(20)7-12)19(28)15(22)17(26)16(14)25/h2-7,10,26H,8-9H2,1H3,(H,21,27). The number of benzene rings is 1. The average Bonchev–Trinajstić information content (AvgIpc) is 2.64. The van der Waals surface area contributed by atoms with Crippen LogP contribution in [0.4, 0.5) is 0 Å². The molecule has 3 rings (SSSR count). The number of hydrogen-bond acceptors (Lipinski definition) is 5. The molecule has 9 heteroatoms. The Morgan fingerprint density at radius 2 is 1.96 bits per heavy atom. The molecule has 2 heterocycles. The number of carbonyl (C=O) groups is 2. The van der Waals surface area contributed by atoms with Gasteiger partial charge >= 0.3 is 0 Å². The summed E-state index contributed by atoms with van der Waals surface area (Å²) in [4.78, 5) is 48.2. The fourth-order valence-corrected chi connectivity index (χ4v) is 2.94. The third kappa shape index (κ3) is 3.81. The maximum atomic E-state index is 12.8. The van der Waals surface area contributed by atoms with E-state index in [1.165, 1.54) is 28.3 Å². The predicted octanol–water partition coefficient (Wildman–Crippen LogP) is 1.19. The van der Waals surface area contributed by atoms with Gasteiger partial charge in [0.2, 0.25) is 5.43 Å². The van der Waals surface area contributed by atoms with Gasteiger partial charge in [-0.15, -0.1) is 0 Å². The van der Waals surface area contributed by atoms with E-state index in [2.05, 4.69) is 5.32 Å². The van der Waals surface area contributed by atoms with Gasteiger partial charge in [0.15, 0.2) is 11.3 Å². The number of carbonyl (C=O) groups excluding carboxylic acids is 2. The summed E-state index contributed by atoms with van der Waals surface area (Å²) in [7, 11) is 0. The van der Waals surface area contributed by atoms with Crippen LogP contribution in [-0.2, 0) is 11.3 Å². The third-order valence-electron chi connectivity index (χ3n) is 4.07. The Bertz CT molecular complexity index is 1210. The van der Waals surface area contributed by atoms with E-state index in [0.29, 0.717) is 5.02 Å². The average molecular weight is 402 g/mol. The molecule has 1 amide bonds. The second-order valence-electron chi connectivity index (χ2n) is 6.22. The van der Waals surface area contributed by atoms with Crippen LogP contribution in [-0.4, -0.2) is 32.3 Å². The zero-order valence-electron chi connectivity index (χ0n) is 14.8. The lowest BCUT2D eigenvalue weighted by Gasteiger charge is -2.11. The second-order valence-corrected chi connectivity index (χ2v) is 6.66. The minimum atomic E-state index is -0.987. The summed E-state index contributed by atoms with van der Waals surface area (Å²) >= 11 is 5.95. The summed E-state index contributed by atoms with van der Waals surface area (Å²) in [5, 5.41) is 13.1. The van der Waals surface area contributed by atoms with E-state index in [0.717, 1.165) is 11.8 Å². The van der Waals surface area contributed by atoms with E-state index in [1.807, 2.05) is 0 Å². The minimum absolute atomic E-state index is 0.185. The van der Waals surface area contributed by atoms with Gasteiger partial charge in [-0.3, -0.25) is 19.2 Å². The van der Waals surface area contributed by atoms with E-state index in [9.17, 15) is 24.3 Å². The maximum Gasteiger partial charge on any atom is 0.279 e. The number of ketones is 1. The smallest absolute Gasteiger partial charge is 0.279 e. The number of nitrogens with one attached hydrogen (secondary N) is 1. The van der Waals surface area contributed by atoms with Gasteiger partial charge in [0.05, 0.1) is 13.1 Å². The molecule has 0 aliphatic carbocycles. The lowest BCUT2D eigenvalue weighted by atomic mass is 10.2. The van der Waals surface area contributed by atoms with E-state index in [1.54, 1.807) is 24.3 Å². The molecule has 144 valence electrons. The molecule has 0 radical (unpaired) electrons. The molecule has 1 aromatic carbocycles. The van der Waals surface area contributed by atoms with Gasteiger partial charge in [-0.2, -0.15) is 0 Å². The fraction of sp³-hybridized carbons (Fsp3) is 0.158. The van der Waals surface area contributed by atoms with Crippen LogP contribution in [0.3, 0.4) is 0 Å². The van der Waals surface area contributed by atoms with Gasteiger partial charge in [0, 0.05) is 23.6 Å². The Hall–Kier alpha value is -3.39. The normalized spacial score (nSPS) is 10.8. The highest BCUT2D eigenvalue weighted by Crippen LogP contribution is 2.13.